The van der Waals surface area contributed by atoms with Crippen molar-refractivity contribution in [2.75, 3.05) is 35.8 Å². The molecule has 0 radical (unpaired) electrons. The molecule has 1 amide bonds. The molecule has 3 aromatic carbocycles. The van der Waals surface area contributed by atoms with Gasteiger partial charge >= 0.3 is 0 Å². The second-order valence-corrected chi connectivity index (χ2v) is 11.3. The molecule has 0 unspecified atom stereocenters. The predicted molar refractivity (Wildman–Crippen MR) is 138 cm³/mol. The van der Waals surface area contributed by atoms with Crippen molar-refractivity contribution < 1.29 is 13.2 Å². The summed E-state index contributed by atoms with van der Waals surface area (Å²) in [5, 5.41) is 3.48. The van der Waals surface area contributed by atoms with Gasteiger partial charge in [0.05, 0.1) is 11.3 Å². The summed E-state index contributed by atoms with van der Waals surface area (Å²) in [5.74, 6) is -0.168. The smallest absolute Gasteiger partial charge is 0.271 e. The van der Waals surface area contributed by atoms with E-state index in [4.69, 9.17) is 0 Å². The Balaban J connectivity index is 1.43. The molecule has 1 aliphatic rings. The van der Waals surface area contributed by atoms with E-state index in [0.29, 0.717) is 24.3 Å². The molecule has 1 aromatic heterocycles. The van der Waals surface area contributed by atoms with Crippen LogP contribution in [-0.2, 0) is 10.0 Å². The second kappa shape index (κ2) is 9.12. The van der Waals surface area contributed by atoms with E-state index in [1.807, 2.05) is 30.3 Å². The zero-order chi connectivity index (χ0) is 23.7. The molecule has 2 heterocycles. The van der Waals surface area contributed by atoms with E-state index >= 15 is 0 Å². The lowest BCUT2D eigenvalue weighted by molar-refractivity contribution is 0.0748. The number of anilines is 2. The molecule has 0 aliphatic carbocycles. The minimum Gasteiger partial charge on any atom is -0.368 e. The molecule has 8 heteroatoms. The number of rotatable bonds is 5. The zero-order valence-corrected chi connectivity index (χ0v) is 20.4. The molecule has 0 saturated carbocycles. The number of aryl methyl sites for hydroxylation is 1. The lowest BCUT2D eigenvalue weighted by Crippen LogP contribution is -2.49. The molecular formula is C26H25N3O3S2. The van der Waals surface area contributed by atoms with Crippen LogP contribution in [0.1, 0.15) is 15.9 Å². The van der Waals surface area contributed by atoms with Gasteiger partial charge in [-0.05, 0) is 59.0 Å². The summed E-state index contributed by atoms with van der Waals surface area (Å²) in [6.07, 6.45) is 0. The van der Waals surface area contributed by atoms with Crippen LogP contribution >= 0.6 is 11.3 Å². The van der Waals surface area contributed by atoms with Gasteiger partial charge in [0.15, 0.2) is 0 Å². The number of amides is 1. The number of sulfonamides is 1. The van der Waals surface area contributed by atoms with Crippen LogP contribution in [0.4, 0.5) is 11.4 Å². The summed E-state index contributed by atoms with van der Waals surface area (Å²) < 4.78 is 28.8. The average Bonchev–Trinajstić information content (AvgIpc) is 3.39. The number of carbonyl (C=O) groups is 1. The first-order valence-electron chi connectivity index (χ1n) is 11.1. The predicted octanol–water partition coefficient (Wildman–Crippen LogP) is 4.97. The third kappa shape index (κ3) is 4.51. The summed E-state index contributed by atoms with van der Waals surface area (Å²) in [5.41, 5.74) is 3.03. The molecule has 1 aliphatic heterocycles. The highest BCUT2D eigenvalue weighted by atomic mass is 32.2. The molecule has 174 valence electrons. The Morgan fingerprint density at radius 2 is 1.62 bits per heavy atom. The molecule has 5 rings (SSSR count). The number of carbonyl (C=O) groups excluding carboxylic acids is 1. The number of hydrogen-bond acceptors (Lipinski definition) is 5. The van der Waals surface area contributed by atoms with E-state index in [9.17, 15) is 13.2 Å². The SMILES string of the molecule is Cc1cccc(N2CCN(C(=O)c3cc4ccccc4cc3NS(=O)(=O)c3cccs3)CC2)c1. The monoisotopic (exact) mass is 491 g/mol. The Kier molecular flexibility index (Phi) is 6.02. The molecule has 0 spiro atoms. The zero-order valence-electron chi connectivity index (χ0n) is 18.8. The topological polar surface area (TPSA) is 69.7 Å². The van der Waals surface area contributed by atoms with Crippen molar-refractivity contribution in [3.63, 3.8) is 0 Å². The summed E-state index contributed by atoms with van der Waals surface area (Å²) in [7, 11) is -3.78. The van der Waals surface area contributed by atoms with E-state index in [1.165, 1.54) is 5.56 Å². The van der Waals surface area contributed by atoms with Crippen molar-refractivity contribution in [1.82, 2.24) is 4.90 Å². The Morgan fingerprint density at radius 1 is 0.882 bits per heavy atom. The maximum atomic E-state index is 13.6. The van der Waals surface area contributed by atoms with Crippen molar-refractivity contribution in [3.8, 4) is 0 Å². The minimum atomic E-state index is -3.78. The molecule has 34 heavy (non-hydrogen) atoms. The maximum Gasteiger partial charge on any atom is 0.271 e. The average molecular weight is 492 g/mol. The van der Waals surface area contributed by atoms with Crippen molar-refractivity contribution in [1.29, 1.82) is 0 Å². The summed E-state index contributed by atoms with van der Waals surface area (Å²) in [6.45, 7) is 4.65. The second-order valence-electron chi connectivity index (χ2n) is 8.40. The molecule has 4 aromatic rings. The third-order valence-corrected chi connectivity index (χ3v) is 8.82. The highest BCUT2D eigenvalue weighted by Gasteiger charge is 2.26. The van der Waals surface area contributed by atoms with E-state index in [-0.39, 0.29) is 10.1 Å². The third-order valence-electron chi connectivity index (χ3n) is 6.05. The molecule has 1 saturated heterocycles. The number of nitrogens with one attached hydrogen (secondary N) is 1. The van der Waals surface area contributed by atoms with Crippen molar-refractivity contribution in [3.05, 3.63) is 89.3 Å². The highest BCUT2D eigenvalue weighted by molar-refractivity contribution is 7.94. The van der Waals surface area contributed by atoms with Gasteiger partial charge in [-0.25, -0.2) is 8.42 Å². The number of hydrogen-bond donors (Lipinski definition) is 1. The lowest BCUT2D eigenvalue weighted by Gasteiger charge is -2.36. The molecule has 1 fully saturated rings. The Labute approximate surface area is 203 Å². The Hall–Kier alpha value is -3.36. The Bertz CT molecular complexity index is 1440. The Morgan fingerprint density at radius 3 is 2.29 bits per heavy atom. The lowest BCUT2D eigenvalue weighted by atomic mass is 10.0. The van der Waals surface area contributed by atoms with Gasteiger partial charge in [0.2, 0.25) is 0 Å². The van der Waals surface area contributed by atoms with Crippen LogP contribution in [0.2, 0.25) is 0 Å². The fourth-order valence-corrected chi connectivity index (χ4v) is 6.34. The molecule has 0 atom stereocenters. The van der Waals surface area contributed by atoms with Gasteiger partial charge in [-0.15, -0.1) is 11.3 Å². The van der Waals surface area contributed by atoms with Crippen LogP contribution in [-0.4, -0.2) is 45.4 Å². The minimum absolute atomic E-state index is 0.168. The van der Waals surface area contributed by atoms with Gasteiger partial charge < -0.3 is 9.80 Å². The quantitative estimate of drug-likeness (QED) is 0.428. The van der Waals surface area contributed by atoms with Gasteiger partial charge in [-0.3, -0.25) is 9.52 Å². The van der Waals surface area contributed by atoms with E-state index in [1.54, 1.807) is 34.5 Å². The first-order valence-corrected chi connectivity index (χ1v) is 13.5. The van der Waals surface area contributed by atoms with Gasteiger partial charge in [0.25, 0.3) is 15.9 Å². The van der Waals surface area contributed by atoms with Gasteiger partial charge in [0.1, 0.15) is 4.21 Å². The number of piperazine rings is 1. The maximum absolute atomic E-state index is 13.6. The standard InChI is InChI=1S/C26H25N3O3S2/c1-19-6-4-9-22(16-19)28-11-13-29(14-12-28)26(30)23-17-20-7-2-3-8-21(20)18-24(23)27-34(31,32)25-10-5-15-33-25/h2-10,15-18,27H,11-14H2,1H3. The van der Waals surface area contributed by atoms with Crippen molar-refractivity contribution in [2.24, 2.45) is 0 Å². The van der Waals surface area contributed by atoms with Crippen LogP contribution < -0.4 is 9.62 Å². The van der Waals surface area contributed by atoms with Crippen LogP contribution in [0.25, 0.3) is 10.8 Å². The first-order chi connectivity index (χ1) is 16.4. The largest absolute Gasteiger partial charge is 0.368 e. The summed E-state index contributed by atoms with van der Waals surface area (Å²) in [4.78, 5) is 17.7. The highest BCUT2D eigenvalue weighted by Crippen LogP contribution is 2.29. The van der Waals surface area contributed by atoms with Gasteiger partial charge in [-0.2, -0.15) is 0 Å². The number of thiophene rings is 1. The molecule has 0 bridgehead atoms. The fraction of sp³-hybridized carbons (Fsp3) is 0.192. The number of fused-ring (bicyclic) bond motifs is 1. The van der Waals surface area contributed by atoms with Gasteiger partial charge in [0, 0.05) is 31.9 Å². The van der Waals surface area contributed by atoms with Crippen LogP contribution in [0.3, 0.4) is 0 Å². The van der Waals surface area contributed by atoms with E-state index in [0.717, 1.165) is 40.9 Å². The van der Waals surface area contributed by atoms with Gasteiger partial charge in [-0.1, -0.05) is 42.5 Å². The number of benzene rings is 3. The summed E-state index contributed by atoms with van der Waals surface area (Å²) >= 11 is 1.14. The van der Waals surface area contributed by atoms with Crippen molar-refractivity contribution in [2.45, 2.75) is 11.1 Å². The van der Waals surface area contributed by atoms with Crippen molar-refractivity contribution >= 4 is 49.4 Å². The van der Waals surface area contributed by atoms with Crippen LogP contribution in [0, 0.1) is 6.92 Å². The molecule has 1 N–H and O–H groups in total. The van der Waals surface area contributed by atoms with Crippen LogP contribution in [0.15, 0.2) is 82.4 Å². The first kappa shape index (κ1) is 22.4. The van der Waals surface area contributed by atoms with E-state index in [2.05, 4.69) is 34.7 Å². The normalized spacial score (nSPS) is 14.4. The molecule has 6 nitrogen and oxygen atoms in total. The van der Waals surface area contributed by atoms with Crippen LogP contribution in [0.5, 0.6) is 0 Å². The van der Waals surface area contributed by atoms with E-state index < -0.39 is 10.0 Å². The fourth-order valence-electron chi connectivity index (χ4n) is 4.28. The molecular weight excluding hydrogens is 466 g/mol. The summed E-state index contributed by atoms with van der Waals surface area (Å²) in [6, 6.07) is 22.8. The number of nitrogens with zero attached hydrogens (tertiary/aromatic N) is 2.